The molecule has 1 N–H and O–H groups in total. The molecule has 0 aliphatic carbocycles. The molecule has 8 heteroatoms. The maximum atomic E-state index is 12.8. The van der Waals surface area contributed by atoms with Gasteiger partial charge < -0.3 is 10.1 Å². The van der Waals surface area contributed by atoms with Gasteiger partial charge in [0.25, 0.3) is 5.91 Å². The first-order chi connectivity index (χ1) is 13.2. The fraction of sp³-hybridized carbons (Fsp3) is 0.200. The second kappa shape index (κ2) is 9.68. The number of esters is 1. The predicted octanol–water partition coefficient (Wildman–Crippen LogP) is 3.76. The van der Waals surface area contributed by atoms with Crippen molar-refractivity contribution >= 4 is 18.0 Å². The number of carbonyl (C=O) groups is 2. The predicted molar refractivity (Wildman–Crippen MR) is 94.6 cm³/mol. The van der Waals surface area contributed by atoms with Crippen molar-refractivity contribution in [1.29, 1.82) is 0 Å². The summed E-state index contributed by atoms with van der Waals surface area (Å²) >= 11 is 0. The van der Waals surface area contributed by atoms with Crippen molar-refractivity contribution in [3.63, 3.8) is 0 Å². The zero-order valence-electron chi connectivity index (χ0n) is 14.6. The lowest BCUT2D eigenvalue weighted by Crippen LogP contribution is -2.30. The minimum atomic E-state index is -4.48. The van der Waals surface area contributed by atoms with Crippen molar-refractivity contribution in [1.82, 2.24) is 5.32 Å². The van der Waals surface area contributed by atoms with Gasteiger partial charge in [-0.2, -0.15) is 13.2 Å². The first kappa shape index (κ1) is 21.1. The average Bonchev–Trinajstić information content (AvgIpc) is 2.66. The third kappa shape index (κ3) is 7.22. The van der Waals surface area contributed by atoms with E-state index in [9.17, 15) is 27.2 Å². The molecule has 0 atom stereocenters. The Labute approximate surface area is 158 Å². The number of nitrogens with one attached hydrogen (secondary N) is 1. The first-order valence-corrected chi connectivity index (χ1v) is 8.27. The van der Waals surface area contributed by atoms with Gasteiger partial charge in [-0.3, -0.25) is 4.79 Å². The van der Waals surface area contributed by atoms with Crippen molar-refractivity contribution in [2.75, 3.05) is 13.2 Å². The molecule has 2 rings (SSSR count). The Hall–Kier alpha value is -3.16. The summed E-state index contributed by atoms with van der Waals surface area (Å²) in [5.41, 5.74) is 0.182. The van der Waals surface area contributed by atoms with E-state index in [1.807, 2.05) is 0 Å². The number of rotatable bonds is 7. The SMILES string of the molecule is O=C(COC(=O)/C=C/c1cccc(C(F)(F)F)c1)NCCc1ccc(F)cc1. The Morgan fingerprint density at radius 2 is 1.79 bits per heavy atom. The highest BCUT2D eigenvalue weighted by molar-refractivity contribution is 5.89. The fourth-order valence-corrected chi connectivity index (χ4v) is 2.22. The number of benzene rings is 2. The molecule has 0 aromatic heterocycles. The van der Waals surface area contributed by atoms with Crippen LogP contribution in [0.25, 0.3) is 6.08 Å². The van der Waals surface area contributed by atoms with Gasteiger partial charge in [0.1, 0.15) is 5.82 Å². The summed E-state index contributed by atoms with van der Waals surface area (Å²) < 4.78 is 55.4. The molecular formula is C20H17F4NO3. The lowest BCUT2D eigenvalue weighted by atomic mass is 10.1. The van der Waals surface area contributed by atoms with E-state index in [1.54, 1.807) is 12.1 Å². The van der Waals surface area contributed by atoms with Crippen LogP contribution in [0.3, 0.4) is 0 Å². The lowest BCUT2D eigenvalue weighted by molar-refractivity contribution is -0.143. The van der Waals surface area contributed by atoms with Crippen LogP contribution in [0, 0.1) is 5.82 Å². The molecule has 0 heterocycles. The Bertz CT molecular complexity index is 845. The van der Waals surface area contributed by atoms with Gasteiger partial charge in [0.2, 0.25) is 0 Å². The van der Waals surface area contributed by atoms with E-state index in [2.05, 4.69) is 5.32 Å². The lowest BCUT2D eigenvalue weighted by Gasteiger charge is -2.07. The number of carbonyl (C=O) groups excluding carboxylic acids is 2. The Kier molecular flexibility index (Phi) is 7.31. The van der Waals surface area contributed by atoms with Crippen molar-refractivity contribution in [3.8, 4) is 0 Å². The molecule has 0 bridgehead atoms. The van der Waals surface area contributed by atoms with Crippen LogP contribution in [-0.4, -0.2) is 25.0 Å². The van der Waals surface area contributed by atoms with Gasteiger partial charge in [0.05, 0.1) is 5.56 Å². The molecule has 0 aliphatic rings. The molecule has 2 aromatic carbocycles. The van der Waals surface area contributed by atoms with Crippen LogP contribution in [0.4, 0.5) is 17.6 Å². The number of ether oxygens (including phenoxy) is 1. The number of hydrogen-bond acceptors (Lipinski definition) is 3. The molecule has 0 saturated carbocycles. The van der Waals surface area contributed by atoms with Crippen LogP contribution in [0.5, 0.6) is 0 Å². The van der Waals surface area contributed by atoms with Crippen LogP contribution in [0.2, 0.25) is 0 Å². The largest absolute Gasteiger partial charge is 0.452 e. The second-order valence-corrected chi connectivity index (χ2v) is 5.79. The monoisotopic (exact) mass is 395 g/mol. The quantitative estimate of drug-likeness (QED) is 0.441. The molecule has 28 heavy (non-hydrogen) atoms. The minimum Gasteiger partial charge on any atom is -0.452 e. The normalized spacial score (nSPS) is 11.4. The van der Waals surface area contributed by atoms with Crippen molar-refractivity contribution < 1.29 is 31.9 Å². The van der Waals surface area contributed by atoms with E-state index in [0.717, 1.165) is 23.8 Å². The van der Waals surface area contributed by atoms with Crippen molar-refractivity contribution in [2.24, 2.45) is 0 Å². The van der Waals surface area contributed by atoms with E-state index in [4.69, 9.17) is 4.74 Å². The zero-order chi connectivity index (χ0) is 20.6. The minimum absolute atomic E-state index is 0.176. The van der Waals surface area contributed by atoms with Crippen LogP contribution >= 0.6 is 0 Å². The topological polar surface area (TPSA) is 55.4 Å². The molecule has 1 amide bonds. The molecule has 0 saturated heterocycles. The second-order valence-electron chi connectivity index (χ2n) is 5.79. The highest BCUT2D eigenvalue weighted by Crippen LogP contribution is 2.29. The van der Waals surface area contributed by atoms with Crippen molar-refractivity contribution in [3.05, 3.63) is 77.1 Å². The molecule has 2 aromatic rings. The summed E-state index contributed by atoms with van der Waals surface area (Å²) in [5, 5.41) is 2.54. The Balaban J connectivity index is 1.73. The van der Waals surface area contributed by atoms with Gasteiger partial charge in [-0.1, -0.05) is 24.3 Å². The summed E-state index contributed by atoms with van der Waals surface area (Å²) in [6.07, 6.45) is -1.88. The third-order valence-corrected chi connectivity index (χ3v) is 3.62. The van der Waals surface area contributed by atoms with E-state index >= 15 is 0 Å². The van der Waals surface area contributed by atoms with Crippen molar-refractivity contribution in [2.45, 2.75) is 12.6 Å². The molecule has 0 fully saturated rings. The fourth-order valence-electron chi connectivity index (χ4n) is 2.22. The van der Waals surface area contributed by atoms with Gasteiger partial charge in [0, 0.05) is 12.6 Å². The summed E-state index contributed by atoms with van der Waals surface area (Å²) in [6.45, 7) is -0.239. The molecule has 0 spiro atoms. The van der Waals surface area contributed by atoms with Gasteiger partial charge in [-0.05, 0) is 47.9 Å². The molecule has 0 aliphatic heterocycles. The summed E-state index contributed by atoms with van der Waals surface area (Å²) in [4.78, 5) is 23.2. The van der Waals surface area contributed by atoms with E-state index < -0.39 is 30.2 Å². The molecule has 4 nitrogen and oxygen atoms in total. The average molecular weight is 395 g/mol. The van der Waals surface area contributed by atoms with E-state index in [-0.39, 0.29) is 17.9 Å². The number of amides is 1. The zero-order valence-corrected chi connectivity index (χ0v) is 14.6. The van der Waals surface area contributed by atoms with Crippen LogP contribution in [0.1, 0.15) is 16.7 Å². The van der Waals surface area contributed by atoms with Gasteiger partial charge in [-0.25, -0.2) is 9.18 Å². The number of hydrogen-bond donors (Lipinski definition) is 1. The van der Waals surface area contributed by atoms with Crippen LogP contribution in [0.15, 0.2) is 54.6 Å². The van der Waals surface area contributed by atoms with E-state index in [0.29, 0.717) is 6.42 Å². The first-order valence-electron chi connectivity index (χ1n) is 8.27. The van der Waals surface area contributed by atoms with Gasteiger partial charge in [-0.15, -0.1) is 0 Å². The summed E-state index contributed by atoms with van der Waals surface area (Å²) in [7, 11) is 0. The Morgan fingerprint density at radius 1 is 1.07 bits per heavy atom. The highest BCUT2D eigenvalue weighted by atomic mass is 19.4. The summed E-state index contributed by atoms with van der Waals surface area (Å²) in [6, 6.07) is 10.3. The maximum Gasteiger partial charge on any atom is 0.416 e. The molecular weight excluding hydrogens is 378 g/mol. The third-order valence-electron chi connectivity index (χ3n) is 3.62. The maximum absolute atomic E-state index is 12.8. The van der Waals surface area contributed by atoms with Gasteiger partial charge >= 0.3 is 12.1 Å². The number of alkyl halides is 3. The Morgan fingerprint density at radius 3 is 2.46 bits per heavy atom. The highest BCUT2D eigenvalue weighted by Gasteiger charge is 2.30. The molecule has 148 valence electrons. The van der Waals surface area contributed by atoms with Crippen LogP contribution in [-0.2, 0) is 26.9 Å². The smallest absolute Gasteiger partial charge is 0.416 e. The molecule has 0 radical (unpaired) electrons. The standard InChI is InChI=1S/C20H17F4NO3/c21-17-7-4-14(5-8-17)10-11-25-18(26)13-28-19(27)9-6-15-2-1-3-16(12-15)20(22,23)24/h1-9,12H,10-11,13H2,(H,25,26)/b9-6+. The van der Waals surface area contributed by atoms with E-state index in [1.165, 1.54) is 30.3 Å². The van der Waals surface area contributed by atoms with Gasteiger partial charge in [0.15, 0.2) is 6.61 Å². The summed E-state index contributed by atoms with van der Waals surface area (Å²) in [5.74, 6) is -1.73. The van der Waals surface area contributed by atoms with Crippen LogP contribution < -0.4 is 5.32 Å². The number of halogens is 4. The molecule has 0 unspecified atom stereocenters.